The van der Waals surface area contributed by atoms with Crippen molar-refractivity contribution in [3.05, 3.63) is 45.6 Å². The summed E-state index contributed by atoms with van der Waals surface area (Å²) in [6.45, 7) is 26.7. The second-order valence-corrected chi connectivity index (χ2v) is 41.8. The minimum absolute atomic E-state index is 0.430. The van der Waals surface area contributed by atoms with Crippen molar-refractivity contribution in [2.24, 2.45) is 47.3 Å². The Labute approximate surface area is 237 Å². The molecule has 4 aliphatic carbocycles. The van der Waals surface area contributed by atoms with E-state index in [1.807, 2.05) is 13.1 Å². The van der Waals surface area contributed by atoms with Gasteiger partial charge in [-0.3, -0.25) is 0 Å². The molecule has 4 rings (SSSR count). The van der Waals surface area contributed by atoms with Crippen LogP contribution < -0.4 is 0 Å². The molecule has 0 saturated heterocycles. The van der Waals surface area contributed by atoms with E-state index in [0.717, 1.165) is 36.8 Å². The normalized spacial score (nSPS) is 33.4. The quantitative estimate of drug-likeness (QED) is 0.248. The third-order valence-electron chi connectivity index (χ3n) is 11.7. The van der Waals surface area contributed by atoms with Crippen molar-refractivity contribution in [2.45, 2.75) is 115 Å². The van der Waals surface area contributed by atoms with Crippen LogP contribution in [0.4, 0.5) is 5.25 Å². The summed E-state index contributed by atoms with van der Waals surface area (Å²) >= 11 is -6.43. The summed E-state index contributed by atoms with van der Waals surface area (Å²) < 4.78 is 36.6. The van der Waals surface area contributed by atoms with E-state index in [1.165, 1.54) is 22.3 Å². The summed E-state index contributed by atoms with van der Waals surface area (Å²) in [4.78, 5) is 0. The molecule has 0 fully saturated rings. The third-order valence-corrected chi connectivity index (χ3v) is 43.5. The summed E-state index contributed by atoms with van der Waals surface area (Å²) in [5, 5.41) is 0. The van der Waals surface area contributed by atoms with E-state index in [1.54, 1.807) is 0 Å². The molecule has 0 N–H and O–H groups in total. The Morgan fingerprint density at radius 1 is 0.658 bits per heavy atom. The second-order valence-electron chi connectivity index (χ2n) is 15.6. The zero-order valence-electron chi connectivity index (χ0n) is 26.6. The fraction of sp³-hybridized carbons (Fsp3) is 0.765. The Morgan fingerprint density at radius 2 is 1.00 bits per heavy atom. The number of rotatable bonds is 7. The average molecular weight is 623 g/mol. The Balaban J connectivity index is 1.92. The monoisotopic (exact) mass is 621 g/mol. The average Bonchev–Trinajstić information content (AvgIpc) is 3.33. The van der Waals surface area contributed by atoms with Gasteiger partial charge in [-0.15, -0.1) is 0 Å². The van der Waals surface area contributed by atoms with E-state index < -0.39 is 32.3 Å². The summed E-state index contributed by atoms with van der Waals surface area (Å²) in [5.41, 5.74) is 7.15. The van der Waals surface area contributed by atoms with E-state index >= 15 is 5.25 Å². The van der Waals surface area contributed by atoms with E-state index in [9.17, 15) is 0 Å². The molecule has 4 aliphatic rings. The molecule has 0 spiro atoms. The van der Waals surface area contributed by atoms with Gasteiger partial charge in [0, 0.05) is 0 Å². The molecule has 0 aromatic rings. The van der Waals surface area contributed by atoms with E-state index in [2.05, 4.69) is 81.4 Å². The van der Waals surface area contributed by atoms with Gasteiger partial charge in [-0.2, -0.15) is 0 Å². The first-order valence-electron chi connectivity index (χ1n) is 15.9. The molecule has 215 valence electrons. The molecule has 0 saturated carbocycles. The van der Waals surface area contributed by atoms with Crippen LogP contribution in [0.15, 0.2) is 45.6 Å². The van der Waals surface area contributed by atoms with E-state index in [-0.39, 0.29) is 0 Å². The number of hydrogen-bond acceptors (Lipinski definition) is 0. The fourth-order valence-corrected chi connectivity index (χ4v) is 36.0. The number of hydrogen-bond donors (Lipinski definition) is 0. The molecule has 0 nitrogen and oxygen atoms in total. The Bertz CT molecular complexity index is 992. The van der Waals surface area contributed by atoms with Crippen LogP contribution in [0.3, 0.4) is 0 Å². The standard InChI is InChI=1S/2C16H25.C2H7Si.2FH.Zr/c2*1-10(2)13-8-14-6-12(5)7-16(14)15(9-13)11(3)4;1-3-2;;;/h2*6-7,10-11,13,15H,8-9H2,1-5H3;3H,1-2H3;2*1H;/q;;;;;+2/p-2. The summed E-state index contributed by atoms with van der Waals surface area (Å²) in [7, 11) is 0. The number of halogens is 2. The molecule has 0 amide bonds. The summed E-state index contributed by atoms with van der Waals surface area (Å²) in [6, 6.07) is 0. The minimum atomic E-state index is -6.43. The second kappa shape index (κ2) is 10.6. The number of allylic oxidation sites excluding steroid dienone is 8. The van der Waals surface area contributed by atoms with Crippen LogP contribution in [0, 0.1) is 47.3 Å². The first-order chi connectivity index (χ1) is 17.5. The molecule has 0 bridgehead atoms. The molecular weight excluding hydrogens is 566 g/mol. The topological polar surface area (TPSA) is 0 Å². The SMILES string of the molecule is CC1=CC2=C(CC(C(C)C)CC2C(C)C)[CH]1[Zr]([F])([F])([CH]1C(C)=CC2=C1CC(C(C)C)CC2C(C)C)[SiH](C)C. The van der Waals surface area contributed by atoms with Crippen molar-refractivity contribution in [2.75, 3.05) is 0 Å². The molecule has 38 heavy (non-hydrogen) atoms. The van der Waals surface area contributed by atoms with Crippen LogP contribution in [0.5, 0.6) is 0 Å². The van der Waals surface area contributed by atoms with Crippen molar-refractivity contribution in [1.82, 2.24) is 0 Å². The van der Waals surface area contributed by atoms with Gasteiger partial charge in [0.05, 0.1) is 0 Å². The van der Waals surface area contributed by atoms with Crippen LogP contribution >= 0.6 is 0 Å². The predicted molar refractivity (Wildman–Crippen MR) is 162 cm³/mol. The molecular formula is C34H57F2SiZr. The molecule has 6 unspecified atom stereocenters. The van der Waals surface area contributed by atoms with Gasteiger partial charge in [0.15, 0.2) is 0 Å². The van der Waals surface area contributed by atoms with Gasteiger partial charge in [0.2, 0.25) is 0 Å². The van der Waals surface area contributed by atoms with Crippen molar-refractivity contribution in [1.29, 1.82) is 0 Å². The van der Waals surface area contributed by atoms with Crippen LogP contribution in [0.1, 0.15) is 94.9 Å². The van der Waals surface area contributed by atoms with Crippen LogP contribution in [-0.2, 0) is 19.2 Å². The molecule has 6 atom stereocenters. The van der Waals surface area contributed by atoms with Gasteiger partial charge in [-0.1, -0.05) is 0 Å². The zero-order chi connectivity index (χ0) is 28.5. The van der Waals surface area contributed by atoms with Gasteiger partial charge in [-0.05, 0) is 0 Å². The first-order valence-corrected chi connectivity index (χ1v) is 27.7. The van der Waals surface area contributed by atoms with Gasteiger partial charge < -0.3 is 0 Å². The van der Waals surface area contributed by atoms with Gasteiger partial charge in [-0.25, -0.2) is 0 Å². The van der Waals surface area contributed by atoms with E-state index in [0.29, 0.717) is 47.3 Å². The predicted octanol–water partition coefficient (Wildman–Crippen LogP) is 11.2. The van der Waals surface area contributed by atoms with Crippen LogP contribution in [-0.4, -0.2) is 5.92 Å². The maximum absolute atomic E-state index is 18.8. The molecule has 0 radical (unpaired) electrons. The van der Waals surface area contributed by atoms with Crippen molar-refractivity contribution >= 4 is 5.92 Å². The third kappa shape index (κ3) is 4.76. The Kier molecular flexibility index (Phi) is 8.64. The van der Waals surface area contributed by atoms with Gasteiger partial charge in [0.25, 0.3) is 0 Å². The van der Waals surface area contributed by atoms with Gasteiger partial charge >= 0.3 is 239 Å². The van der Waals surface area contributed by atoms with Crippen LogP contribution in [0.25, 0.3) is 0 Å². The Morgan fingerprint density at radius 3 is 1.26 bits per heavy atom. The molecule has 0 aromatic carbocycles. The fourth-order valence-electron chi connectivity index (χ4n) is 9.17. The van der Waals surface area contributed by atoms with E-state index in [4.69, 9.17) is 0 Å². The van der Waals surface area contributed by atoms with Crippen LogP contribution in [0.2, 0.25) is 20.3 Å². The maximum atomic E-state index is 18.8. The zero-order valence-corrected chi connectivity index (χ0v) is 30.2. The van der Waals surface area contributed by atoms with Crippen molar-refractivity contribution < 1.29 is 24.4 Å². The first kappa shape index (κ1) is 30.9. The molecule has 0 aromatic heterocycles. The molecule has 0 heterocycles. The Hall–Kier alpha value is -0.0800. The molecule has 0 aliphatic heterocycles. The molecule has 4 heteroatoms. The van der Waals surface area contributed by atoms with Gasteiger partial charge in [0.1, 0.15) is 0 Å². The van der Waals surface area contributed by atoms with Crippen molar-refractivity contribution in [3.8, 4) is 0 Å². The summed E-state index contributed by atoms with van der Waals surface area (Å²) in [6.07, 6.45) is 8.69. The summed E-state index contributed by atoms with van der Waals surface area (Å²) in [5.74, 6) is 1.71. The van der Waals surface area contributed by atoms with Crippen molar-refractivity contribution in [3.63, 3.8) is 0 Å².